The van der Waals surface area contributed by atoms with Gasteiger partial charge in [0.2, 0.25) is 10.0 Å². The first-order chi connectivity index (χ1) is 12.5. The third-order valence-corrected chi connectivity index (χ3v) is 7.28. The van der Waals surface area contributed by atoms with E-state index in [-0.39, 0.29) is 11.2 Å². The van der Waals surface area contributed by atoms with Crippen molar-refractivity contribution in [3.8, 4) is 11.4 Å². The van der Waals surface area contributed by atoms with Crippen LogP contribution in [0.4, 0.5) is 0 Å². The maximum atomic E-state index is 12.3. The van der Waals surface area contributed by atoms with Crippen LogP contribution in [0.2, 0.25) is 0 Å². The summed E-state index contributed by atoms with van der Waals surface area (Å²) in [5.41, 5.74) is 3.46. The number of rotatable bonds is 3. The lowest BCUT2D eigenvalue weighted by molar-refractivity contribution is 0.0527. The van der Waals surface area contributed by atoms with E-state index in [2.05, 4.69) is 4.98 Å². The topological polar surface area (TPSA) is 72.4 Å². The molecule has 1 unspecified atom stereocenters. The van der Waals surface area contributed by atoms with Crippen molar-refractivity contribution in [1.82, 2.24) is 14.3 Å². The van der Waals surface area contributed by atoms with Crippen LogP contribution in [0.3, 0.4) is 0 Å². The van der Waals surface area contributed by atoms with Crippen LogP contribution in [0.1, 0.15) is 30.3 Å². The fraction of sp³-hybridized carbons (Fsp3) is 0.474. The van der Waals surface area contributed by atoms with E-state index in [1.54, 1.807) is 11.2 Å². The molecule has 26 heavy (non-hydrogen) atoms. The van der Waals surface area contributed by atoms with Gasteiger partial charge in [-0.05, 0) is 20.3 Å². The molecule has 1 spiro atoms. The summed E-state index contributed by atoms with van der Waals surface area (Å²) in [6.45, 7) is 5.60. The van der Waals surface area contributed by atoms with Crippen molar-refractivity contribution in [2.45, 2.75) is 32.3 Å². The van der Waals surface area contributed by atoms with Crippen LogP contribution in [0.15, 0.2) is 30.3 Å². The Kier molecular flexibility index (Phi) is 4.33. The number of aromatic nitrogens is 2. The van der Waals surface area contributed by atoms with Crippen LogP contribution < -0.4 is 0 Å². The van der Waals surface area contributed by atoms with Crippen molar-refractivity contribution in [1.29, 1.82) is 0 Å². The molecule has 2 aliphatic heterocycles. The maximum Gasteiger partial charge on any atom is 0.213 e. The fourth-order valence-electron chi connectivity index (χ4n) is 3.91. The van der Waals surface area contributed by atoms with Gasteiger partial charge in [-0.15, -0.1) is 0 Å². The molecule has 3 heterocycles. The summed E-state index contributed by atoms with van der Waals surface area (Å²) in [7, 11) is -3.21. The Balaban J connectivity index is 1.80. The van der Waals surface area contributed by atoms with Crippen molar-refractivity contribution in [3.05, 3.63) is 47.3 Å². The lowest BCUT2D eigenvalue weighted by atomic mass is 9.80. The van der Waals surface area contributed by atoms with Crippen LogP contribution in [0.5, 0.6) is 0 Å². The van der Waals surface area contributed by atoms with Crippen molar-refractivity contribution in [2.75, 3.05) is 25.4 Å². The Morgan fingerprint density at radius 2 is 2.00 bits per heavy atom. The summed E-state index contributed by atoms with van der Waals surface area (Å²) in [5, 5.41) is 0. The highest BCUT2D eigenvalue weighted by Gasteiger charge is 2.48. The van der Waals surface area contributed by atoms with E-state index in [9.17, 15) is 8.42 Å². The SMILES string of the molecule is CCS(=O)(=O)N1CCC2(COCc3c(C)nc(-c4ccccc4)nc32)C1. The Labute approximate surface area is 154 Å². The van der Waals surface area contributed by atoms with E-state index in [4.69, 9.17) is 9.72 Å². The smallest absolute Gasteiger partial charge is 0.213 e. The van der Waals surface area contributed by atoms with Gasteiger partial charge in [0.25, 0.3) is 0 Å². The number of fused-ring (bicyclic) bond motifs is 2. The number of nitrogens with zero attached hydrogens (tertiary/aromatic N) is 3. The second-order valence-corrected chi connectivity index (χ2v) is 9.34. The quantitative estimate of drug-likeness (QED) is 0.825. The standard InChI is InChI=1S/C19H23N3O3S/c1-3-26(23,24)22-10-9-19(12-22)13-25-11-16-14(2)20-18(21-17(16)19)15-7-5-4-6-8-15/h4-8H,3,9-13H2,1-2H3. The van der Waals surface area contributed by atoms with Gasteiger partial charge in [-0.2, -0.15) is 0 Å². The third-order valence-electron chi connectivity index (χ3n) is 5.45. The molecule has 1 saturated heterocycles. The molecule has 1 atom stereocenters. The number of ether oxygens (including phenoxy) is 1. The third kappa shape index (κ3) is 2.84. The van der Waals surface area contributed by atoms with E-state index in [0.29, 0.717) is 32.1 Å². The van der Waals surface area contributed by atoms with Gasteiger partial charge in [-0.1, -0.05) is 30.3 Å². The average Bonchev–Trinajstić information content (AvgIpc) is 3.09. The Morgan fingerprint density at radius 1 is 1.23 bits per heavy atom. The van der Waals surface area contributed by atoms with Crippen molar-refractivity contribution in [3.63, 3.8) is 0 Å². The summed E-state index contributed by atoms with van der Waals surface area (Å²) in [6, 6.07) is 9.90. The molecule has 0 amide bonds. The molecule has 1 aromatic heterocycles. The highest BCUT2D eigenvalue weighted by atomic mass is 32.2. The van der Waals surface area contributed by atoms with Crippen LogP contribution in [0.25, 0.3) is 11.4 Å². The molecule has 6 nitrogen and oxygen atoms in total. The zero-order chi connectivity index (χ0) is 18.4. The van der Waals surface area contributed by atoms with Gasteiger partial charge in [0.05, 0.1) is 30.1 Å². The zero-order valence-electron chi connectivity index (χ0n) is 15.1. The minimum absolute atomic E-state index is 0.120. The van der Waals surface area contributed by atoms with Gasteiger partial charge >= 0.3 is 0 Å². The summed E-state index contributed by atoms with van der Waals surface area (Å²) in [5.74, 6) is 0.814. The van der Waals surface area contributed by atoms with E-state index < -0.39 is 10.0 Å². The van der Waals surface area contributed by atoms with Gasteiger partial charge in [0, 0.05) is 29.9 Å². The molecule has 2 aromatic rings. The normalized spacial score (nSPS) is 23.3. The van der Waals surface area contributed by atoms with Crippen molar-refractivity contribution >= 4 is 10.0 Å². The minimum Gasteiger partial charge on any atom is -0.376 e. The zero-order valence-corrected chi connectivity index (χ0v) is 15.9. The molecule has 0 radical (unpaired) electrons. The van der Waals surface area contributed by atoms with E-state index in [1.165, 1.54) is 0 Å². The number of hydrogen-bond donors (Lipinski definition) is 0. The molecule has 7 heteroatoms. The molecular weight excluding hydrogens is 350 g/mol. The Bertz CT molecular complexity index is 931. The van der Waals surface area contributed by atoms with Gasteiger partial charge in [-0.25, -0.2) is 22.7 Å². The maximum absolute atomic E-state index is 12.3. The molecular formula is C19H23N3O3S. The van der Waals surface area contributed by atoms with Crippen molar-refractivity contribution in [2.24, 2.45) is 0 Å². The van der Waals surface area contributed by atoms with Crippen LogP contribution in [-0.2, 0) is 26.8 Å². The predicted octanol–water partition coefficient (Wildman–Crippen LogP) is 2.28. The van der Waals surface area contributed by atoms with Gasteiger partial charge in [0.15, 0.2) is 5.82 Å². The molecule has 138 valence electrons. The lowest BCUT2D eigenvalue weighted by Gasteiger charge is -2.35. The summed E-state index contributed by atoms with van der Waals surface area (Å²) < 4.78 is 32.1. The number of benzene rings is 1. The molecule has 0 saturated carbocycles. The van der Waals surface area contributed by atoms with Crippen LogP contribution in [0, 0.1) is 6.92 Å². The lowest BCUT2D eigenvalue weighted by Crippen LogP contribution is -2.42. The molecule has 4 rings (SSSR count). The second kappa shape index (κ2) is 6.40. The first kappa shape index (κ1) is 17.6. The molecule has 0 aliphatic carbocycles. The number of hydrogen-bond acceptors (Lipinski definition) is 5. The second-order valence-electron chi connectivity index (χ2n) is 7.08. The van der Waals surface area contributed by atoms with Gasteiger partial charge in [-0.3, -0.25) is 0 Å². The number of aryl methyl sites for hydroxylation is 1. The number of sulfonamides is 1. The van der Waals surface area contributed by atoms with Gasteiger partial charge < -0.3 is 4.74 Å². The summed E-state index contributed by atoms with van der Waals surface area (Å²) >= 11 is 0. The van der Waals surface area contributed by atoms with Crippen LogP contribution in [-0.4, -0.2) is 48.1 Å². The molecule has 1 aromatic carbocycles. The predicted molar refractivity (Wildman–Crippen MR) is 99.2 cm³/mol. The van der Waals surface area contributed by atoms with Crippen LogP contribution >= 0.6 is 0 Å². The summed E-state index contributed by atoms with van der Waals surface area (Å²) in [4.78, 5) is 9.58. The Morgan fingerprint density at radius 3 is 2.73 bits per heavy atom. The average molecular weight is 373 g/mol. The summed E-state index contributed by atoms with van der Waals surface area (Å²) in [6.07, 6.45) is 0.726. The highest BCUT2D eigenvalue weighted by Crippen LogP contribution is 2.41. The molecule has 1 fully saturated rings. The highest BCUT2D eigenvalue weighted by molar-refractivity contribution is 7.89. The van der Waals surface area contributed by atoms with Crippen molar-refractivity contribution < 1.29 is 13.2 Å². The fourth-order valence-corrected chi connectivity index (χ4v) is 5.08. The minimum atomic E-state index is -3.21. The molecule has 2 aliphatic rings. The van der Waals surface area contributed by atoms with E-state index >= 15 is 0 Å². The molecule has 0 N–H and O–H groups in total. The van der Waals surface area contributed by atoms with E-state index in [0.717, 1.165) is 28.9 Å². The first-order valence-electron chi connectivity index (χ1n) is 8.94. The molecule has 0 bridgehead atoms. The van der Waals surface area contributed by atoms with E-state index in [1.807, 2.05) is 37.3 Å². The first-order valence-corrected chi connectivity index (χ1v) is 10.5. The van der Waals surface area contributed by atoms with Gasteiger partial charge in [0.1, 0.15) is 0 Å². The Hall–Kier alpha value is -1.83. The monoisotopic (exact) mass is 373 g/mol. The largest absolute Gasteiger partial charge is 0.376 e.